The normalized spacial score (nSPS) is 10.2. The largest absolute Gasteiger partial charge is 0.496 e. The Labute approximate surface area is 129 Å². The van der Waals surface area contributed by atoms with Crippen LogP contribution in [-0.4, -0.2) is 17.8 Å². The van der Waals surface area contributed by atoms with Gasteiger partial charge in [-0.05, 0) is 23.8 Å². The quantitative estimate of drug-likeness (QED) is 0.467. The Kier molecular flexibility index (Phi) is 4.70. The topological polar surface area (TPSA) is 69.4 Å². The number of rotatable bonds is 5. The third-order valence-electron chi connectivity index (χ3n) is 2.98. The molecule has 21 heavy (non-hydrogen) atoms. The molecule has 0 atom stereocenters. The average Bonchev–Trinajstić information content (AvgIpc) is 2.47. The molecule has 0 amide bonds. The van der Waals surface area contributed by atoms with Crippen LogP contribution in [0.15, 0.2) is 46.9 Å². The summed E-state index contributed by atoms with van der Waals surface area (Å²) in [4.78, 5) is 22.4. The second-order valence-electron chi connectivity index (χ2n) is 4.37. The van der Waals surface area contributed by atoms with Gasteiger partial charge in [0.2, 0.25) is 0 Å². The van der Waals surface area contributed by atoms with Gasteiger partial charge in [-0.25, -0.2) is 0 Å². The highest BCUT2D eigenvalue weighted by Crippen LogP contribution is 2.25. The minimum atomic E-state index is -0.469. The van der Waals surface area contributed by atoms with Gasteiger partial charge in [0.15, 0.2) is 5.78 Å². The minimum absolute atomic E-state index is 0.00687. The van der Waals surface area contributed by atoms with Crippen LogP contribution in [0.2, 0.25) is 0 Å². The van der Waals surface area contributed by atoms with Gasteiger partial charge in [-0.1, -0.05) is 28.1 Å². The van der Waals surface area contributed by atoms with Gasteiger partial charge in [0.05, 0.1) is 17.6 Å². The number of ether oxygens (including phenoxy) is 1. The summed E-state index contributed by atoms with van der Waals surface area (Å²) in [6.07, 6.45) is 0.163. The van der Waals surface area contributed by atoms with Gasteiger partial charge in [-0.15, -0.1) is 0 Å². The predicted molar refractivity (Wildman–Crippen MR) is 81.8 cm³/mol. The van der Waals surface area contributed by atoms with Gasteiger partial charge in [0.25, 0.3) is 5.69 Å². The van der Waals surface area contributed by atoms with E-state index >= 15 is 0 Å². The molecule has 0 saturated carbocycles. The van der Waals surface area contributed by atoms with Gasteiger partial charge in [-0.2, -0.15) is 0 Å². The van der Waals surface area contributed by atoms with Crippen molar-refractivity contribution in [2.24, 2.45) is 0 Å². The standard InChI is InChI=1S/C15H12BrNO4/c1-21-15-9-11(16)4-7-13(15)14(18)8-10-2-5-12(6-3-10)17(19)20/h2-7,9H,8H2,1H3. The van der Waals surface area contributed by atoms with Crippen molar-refractivity contribution in [2.45, 2.75) is 6.42 Å². The Morgan fingerprint density at radius 2 is 1.90 bits per heavy atom. The molecule has 0 N–H and O–H groups in total. The third-order valence-corrected chi connectivity index (χ3v) is 3.47. The molecule has 2 aromatic carbocycles. The van der Waals surface area contributed by atoms with E-state index < -0.39 is 4.92 Å². The molecule has 0 aromatic heterocycles. The summed E-state index contributed by atoms with van der Waals surface area (Å²) < 4.78 is 6.02. The summed E-state index contributed by atoms with van der Waals surface area (Å²) >= 11 is 3.32. The lowest BCUT2D eigenvalue weighted by molar-refractivity contribution is -0.384. The highest BCUT2D eigenvalue weighted by Gasteiger charge is 2.14. The molecule has 6 heteroatoms. The van der Waals surface area contributed by atoms with Crippen molar-refractivity contribution in [3.63, 3.8) is 0 Å². The molecule has 5 nitrogen and oxygen atoms in total. The number of ketones is 1. The van der Waals surface area contributed by atoms with Crippen LogP contribution in [0, 0.1) is 10.1 Å². The van der Waals surface area contributed by atoms with Crippen LogP contribution in [0.25, 0.3) is 0 Å². The third kappa shape index (κ3) is 3.66. The van der Waals surface area contributed by atoms with E-state index in [4.69, 9.17) is 4.74 Å². The maximum atomic E-state index is 12.3. The Bertz CT molecular complexity index is 683. The summed E-state index contributed by atoms with van der Waals surface area (Å²) in [5, 5.41) is 10.6. The average molecular weight is 350 g/mol. The molecular formula is C15H12BrNO4. The maximum Gasteiger partial charge on any atom is 0.269 e. The number of Topliss-reactive ketones (excluding diaryl/α,β-unsaturated/α-hetero) is 1. The number of methoxy groups -OCH3 is 1. The lowest BCUT2D eigenvalue weighted by Gasteiger charge is -2.08. The Balaban J connectivity index is 2.19. The minimum Gasteiger partial charge on any atom is -0.496 e. The number of carbonyl (C=O) groups is 1. The van der Waals surface area contributed by atoms with Crippen LogP contribution in [0.5, 0.6) is 5.75 Å². The van der Waals surface area contributed by atoms with Gasteiger partial charge >= 0.3 is 0 Å². The molecule has 2 aromatic rings. The number of hydrogen-bond donors (Lipinski definition) is 0. The number of halogens is 1. The van der Waals surface area contributed by atoms with E-state index in [0.29, 0.717) is 11.3 Å². The molecule has 2 rings (SSSR count). The van der Waals surface area contributed by atoms with Gasteiger partial charge in [0, 0.05) is 23.0 Å². The SMILES string of the molecule is COc1cc(Br)ccc1C(=O)Cc1ccc([N+](=O)[O-])cc1. The molecule has 0 fully saturated rings. The van der Waals surface area contributed by atoms with Gasteiger partial charge < -0.3 is 4.74 Å². The van der Waals surface area contributed by atoms with Crippen LogP contribution in [0.1, 0.15) is 15.9 Å². The van der Waals surface area contributed by atoms with E-state index in [-0.39, 0.29) is 17.9 Å². The number of benzene rings is 2. The van der Waals surface area contributed by atoms with Gasteiger partial charge in [0.1, 0.15) is 5.75 Å². The zero-order valence-electron chi connectivity index (χ0n) is 11.2. The van der Waals surface area contributed by atoms with E-state index in [0.717, 1.165) is 10.0 Å². The first-order valence-corrected chi connectivity index (χ1v) is 6.90. The lowest BCUT2D eigenvalue weighted by Crippen LogP contribution is -2.06. The zero-order chi connectivity index (χ0) is 15.4. The first-order chi connectivity index (χ1) is 10.0. The van der Waals surface area contributed by atoms with E-state index in [1.54, 1.807) is 30.3 Å². The molecule has 0 heterocycles. The Hall–Kier alpha value is -2.21. The van der Waals surface area contributed by atoms with Crippen LogP contribution < -0.4 is 4.74 Å². The molecular weight excluding hydrogens is 338 g/mol. The predicted octanol–water partition coefficient (Wildman–Crippen LogP) is 3.79. The maximum absolute atomic E-state index is 12.3. The fraction of sp³-hybridized carbons (Fsp3) is 0.133. The summed E-state index contributed by atoms with van der Waals surface area (Å²) in [6, 6.07) is 11.1. The van der Waals surface area contributed by atoms with Gasteiger partial charge in [-0.3, -0.25) is 14.9 Å². The number of nitro benzene ring substituents is 1. The first kappa shape index (κ1) is 15.2. The summed E-state index contributed by atoms with van der Waals surface area (Å²) in [5.41, 5.74) is 1.21. The second-order valence-corrected chi connectivity index (χ2v) is 5.28. The van der Waals surface area contributed by atoms with E-state index in [2.05, 4.69) is 15.9 Å². The van der Waals surface area contributed by atoms with Crippen LogP contribution in [0.4, 0.5) is 5.69 Å². The fourth-order valence-corrected chi connectivity index (χ4v) is 2.25. The lowest BCUT2D eigenvalue weighted by atomic mass is 10.0. The fourth-order valence-electron chi connectivity index (χ4n) is 1.91. The van der Waals surface area contributed by atoms with Crippen molar-refractivity contribution in [2.75, 3.05) is 7.11 Å². The van der Waals surface area contributed by atoms with Crippen molar-refractivity contribution >= 4 is 27.4 Å². The van der Waals surface area contributed by atoms with Crippen LogP contribution in [-0.2, 0) is 6.42 Å². The second kappa shape index (κ2) is 6.49. The number of nitro groups is 1. The summed E-state index contributed by atoms with van der Waals surface area (Å²) in [6.45, 7) is 0. The number of carbonyl (C=O) groups excluding carboxylic acids is 1. The molecule has 108 valence electrons. The molecule has 0 spiro atoms. The molecule has 0 bridgehead atoms. The Morgan fingerprint density at radius 1 is 1.24 bits per heavy atom. The summed E-state index contributed by atoms with van der Waals surface area (Å²) in [5.74, 6) is 0.393. The molecule has 0 unspecified atom stereocenters. The highest BCUT2D eigenvalue weighted by molar-refractivity contribution is 9.10. The first-order valence-electron chi connectivity index (χ1n) is 6.11. The van der Waals surface area contributed by atoms with Crippen molar-refractivity contribution in [1.82, 2.24) is 0 Å². The van der Waals surface area contributed by atoms with Crippen LogP contribution in [0.3, 0.4) is 0 Å². The monoisotopic (exact) mass is 349 g/mol. The number of non-ortho nitro benzene ring substituents is 1. The number of nitrogens with zero attached hydrogens (tertiary/aromatic N) is 1. The van der Waals surface area contributed by atoms with Crippen molar-refractivity contribution in [3.8, 4) is 5.75 Å². The van der Waals surface area contributed by atoms with Crippen LogP contribution >= 0.6 is 15.9 Å². The summed E-state index contributed by atoms with van der Waals surface area (Å²) in [7, 11) is 1.50. The molecule has 0 aliphatic rings. The van der Waals surface area contributed by atoms with Crippen molar-refractivity contribution < 1.29 is 14.5 Å². The molecule has 0 aliphatic heterocycles. The van der Waals surface area contributed by atoms with Crippen molar-refractivity contribution in [3.05, 3.63) is 68.2 Å². The molecule has 0 saturated heterocycles. The van der Waals surface area contributed by atoms with Crippen molar-refractivity contribution in [1.29, 1.82) is 0 Å². The smallest absolute Gasteiger partial charge is 0.269 e. The van der Waals surface area contributed by atoms with E-state index in [9.17, 15) is 14.9 Å². The molecule has 0 radical (unpaired) electrons. The van der Waals surface area contributed by atoms with E-state index in [1.807, 2.05) is 0 Å². The molecule has 0 aliphatic carbocycles. The Morgan fingerprint density at radius 3 is 2.48 bits per heavy atom. The highest BCUT2D eigenvalue weighted by atomic mass is 79.9. The van der Waals surface area contributed by atoms with E-state index in [1.165, 1.54) is 19.2 Å². The zero-order valence-corrected chi connectivity index (χ0v) is 12.8. The number of hydrogen-bond acceptors (Lipinski definition) is 4.